The molecule has 0 spiro atoms. The molecule has 0 bridgehead atoms. The highest BCUT2D eigenvalue weighted by Gasteiger charge is 2.29. The Labute approximate surface area is 180 Å². The smallest absolute Gasteiger partial charge is 0.267 e. The van der Waals surface area contributed by atoms with Crippen LogP contribution in [0.5, 0.6) is 5.75 Å². The van der Waals surface area contributed by atoms with Crippen molar-refractivity contribution in [3.8, 4) is 5.75 Å². The quantitative estimate of drug-likeness (QED) is 0.768. The molecule has 4 rings (SSSR count). The van der Waals surface area contributed by atoms with Gasteiger partial charge in [0.2, 0.25) is 10.0 Å². The zero-order chi connectivity index (χ0) is 22.2. The number of benzene rings is 2. The summed E-state index contributed by atoms with van der Waals surface area (Å²) in [6.45, 7) is 3.03. The third-order valence-corrected chi connectivity index (χ3v) is 7.20. The van der Waals surface area contributed by atoms with Crippen molar-refractivity contribution in [1.29, 1.82) is 0 Å². The lowest BCUT2D eigenvalue weighted by Crippen LogP contribution is -2.41. The Morgan fingerprint density at radius 3 is 2.45 bits per heavy atom. The van der Waals surface area contributed by atoms with Crippen LogP contribution in [0.1, 0.15) is 17.3 Å². The molecule has 10 heteroatoms. The van der Waals surface area contributed by atoms with E-state index in [2.05, 4.69) is 5.32 Å². The van der Waals surface area contributed by atoms with Crippen LogP contribution in [0.2, 0.25) is 0 Å². The predicted molar refractivity (Wildman–Crippen MR) is 114 cm³/mol. The Morgan fingerprint density at radius 1 is 1.10 bits per heavy atom. The van der Waals surface area contributed by atoms with Crippen LogP contribution in [-0.2, 0) is 19.6 Å². The fraction of sp³-hybridized carbons (Fsp3) is 0.333. The van der Waals surface area contributed by atoms with Gasteiger partial charge in [-0.25, -0.2) is 8.42 Å². The topological polar surface area (TPSA) is 105 Å². The molecule has 2 aromatic carbocycles. The molecule has 0 aromatic heterocycles. The van der Waals surface area contributed by atoms with E-state index >= 15 is 0 Å². The Hall–Kier alpha value is -2.95. The number of hydrogen-bond donors (Lipinski definition) is 1. The van der Waals surface area contributed by atoms with Crippen molar-refractivity contribution in [1.82, 2.24) is 4.31 Å². The van der Waals surface area contributed by atoms with Crippen molar-refractivity contribution in [2.75, 3.05) is 43.6 Å². The van der Waals surface area contributed by atoms with Gasteiger partial charge < -0.3 is 19.7 Å². The summed E-state index contributed by atoms with van der Waals surface area (Å²) in [6.07, 6.45) is -0.565. The molecular formula is C21H23N3O6S. The van der Waals surface area contributed by atoms with Crippen molar-refractivity contribution >= 4 is 33.2 Å². The zero-order valence-corrected chi connectivity index (χ0v) is 18.0. The number of hydrogen-bond acceptors (Lipinski definition) is 6. The van der Waals surface area contributed by atoms with Gasteiger partial charge in [0.05, 0.1) is 23.8 Å². The molecule has 9 nitrogen and oxygen atoms in total. The van der Waals surface area contributed by atoms with E-state index in [1.54, 1.807) is 32.2 Å². The van der Waals surface area contributed by atoms with E-state index in [0.717, 1.165) is 0 Å². The summed E-state index contributed by atoms with van der Waals surface area (Å²) in [5.41, 5.74) is 1.37. The average molecular weight is 445 g/mol. The van der Waals surface area contributed by atoms with Crippen LogP contribution < -0.4 is 15.0 Å². The molecule has 1 N–H and O–H groups in total. The molecule has 164 valence electrons. The molecule has 1 saturated heterocycles. The molecular weight excluding hydrogens is 422 g/mol. The number of rotatable bonds is 4. The maximum atomic E-state index is 12.7. The van der Waals surface area contributed by atoms with E-state index in [-0.39, 0.29) is 10.8 Å². The van der Waals surface area contributed by atoms with Crippen LogP contribution in [0, 0.1) is 0 Å². The molecule has 0 saturated carbocycles. The predicted octanol–water partition coefficient (Wildman–Crippen LogP) is 1.70. The third-order valence-electron chi connectivity index (χ3n) is 5.28. The van der Waals surface area contributed by atoms with Crippen LogP contribution in [-0.4, -0.2) is 64.0 Å². The van der Waals surface area contributed by atoms with Crippen LogP contribution in [0.15, 0.2) is 47.4 Å². The van der Waals surface area contributed by atoms with Crippen LogP contribution in [0.3, 0.4) is 0 Å². The summed E-state index contributed by atoms with van der Waals surface area (Å²) in [5.74, 6) is -0.00680. The van der Waals surface area contributed by atoms with Crippen molar-refractivity contribution in [2.45, 2.75) is 17.9 Å². The fourth-order valence-corrected chi connectivity index (χ4v) is 4.91. The van der Waals surface area contributed by atoms with E-state index in [1.807, 2.05) is 0 Å². The SMILES string of the molecule is CC1Oc2ccc(NC(=O)c3ccc(S(=O)(=O)N4CCOCC4)cc3)cc2N(C)C1=O. The Kier molecular flexibility index (Phi) is 5.69. The first-order chi connectivity index (χ1) is 14.8. The number of ether oxygens (including phenoxy) is 2. The number of morpholine rings is 1. The molecule has 1 unspecified atom stereocenters. The molecule has 1 fully saturated rings. The highest BCUT2D eigenvalue weighted by Crippen LogP contribution is 2.35. The maximum Gasteiger partial charge on any atom is 0.267 e. The lowest BCUT2D eigenvalue weighted by Gasteiger charge is -2.30. The minimum atomic E-state index is -3.62. The standard InChI is InChI=1S/C21H23N3O6S/c1-14-21(26)23(2)18-13-16(5-8-19(18)30-14)22-20(25)15-3-6-17(7-4-15)31(27,28)24-9-11-29-12-10-24/h3-8,13-14H,9-12H2,1-2H3,(H,22,25). The van der Waals surface area contributed by atoms with Crippen molar-refractivity contribution in [3.05, 3.63) is 48.0 Å². The van der Waals surface area contributed by atoms with E-state index in [9.17, 15) is 18.0 Å². The van der Waals surface area contributed by atoms with E-state index in [4.69, 9.17) is 9.47 Å². The van der Waals surface area contributed by atoms with E-state index < -0.39 is 22.0 Å². The van der Waals surface area contributed by atoms with Crippen LogP contribution in [0.25, 0.3) is 0 Å². The number of anilines is 2. The Bertz CT molecular complexity index is 1110. The number of nitrogens with zero attached hydrogens (tertiary/aromatic N) is 2. The van der Waals surface area contributed by atoms with Gasteiger partial charge in [0.1, 0.15) is 5.75 Å². The number of amides is 2. The van der Waals surface area contributed by atoms with Gasteiger partial charge in [-0.2, -0.15) is 4.31 Å². The maximum absolute atomic E-state index is 12.7. The van der Waals surface area contributed by atoms with Gasteiger partial charge >= 0.3 is 0 Å². The summed E-state index contributed by atoms with van der Waals surface area (Å²) in [6, 6.07) is 10.8. The minimum absolute atomic E-state index is 0.131. The van der Waals surface area contributed by atoms with Gasteiger partial charge in [-0.3, -0.25) is 9.59 Å². The molecule has 2 aliphatic heterocycles. The highest BCUT2D eigenvalue weighted by molar-refractivity contribution is 7.89. The lowest BCUT2D eigenvalue weighted by atomic mass is 10.1. The number of nitrogens with one attached hydrogen (secondary N) is 1. The van der Waals surface area contributed by atoms with Gasteiger partial charge in [0.15, 0.2) is 6.10 Å². The minimum Gasteiger partial charge on any atom is -0.479 e. The summed E-state index contributed by atoms with van der Waals surface area (Å²) >= 11 is 0. The van der Waals surface area contributed by atoms with Gasteiger partial charge in [0.25, 0.3) is 11.8 Å². The number of likely N-dealkylation sites (N-methyl/N-ethyl adjacent to an activating group) is 1. The number of carbonyl (C=O) groups is 2. The second-order valence-electron chi connectivity index (χ2n) is 7.33. The summed E-state index contributed by atoms with van der Waals surface area (Å²) in [4.78, 5) is 26.4. The first-order valence-electron chi connectivity index (χ1n) is 9.85. The van der Waals surface area contributed by atoms with Gasteiger partial charge in [-0.15, -0.1) is 0 Å². The molecule has 2 amide bonds. The second-order valence-corrected chi connectivity index (χ2v) is 9.27. The molecule has 0 radical (unpaired) electrons. The summed E-state index contributed by atoms with van der Waals surface area (Å²) < 4.78 is 37.6. The Morgan fingerprint density at radius 2 is 1.77 bits per heavy atom. The first kappa shape index (κ1) is 21.3. The Balaban J connectivity index is 1.49. The largest absolute Gasteiger partial charge is 0.479 e. The number of carbonyl (C=O) groups excluding carboxylic acids is 2. The number of sulfonamides is 1. The van der Waals surface area contributed by atoms with Crippen molar-refractivity contribution in [3.63, 3.8) is 0 Å². The van der Waals surface area contributed by atoms with Crippen molar-refractivity contribution in [2.24, 2.45) is 0 Å². The summed E-state index contributed by atoms with van der Waals surface area (Å²) in [5, 5.41) is 2.77. The molecule has 2 aromatic rings. The lowest BCUT2D eigenvalue weighted by molar-refractivity contribution is -0.125. The van der Waals surface area contributed by atoms with Gasteiger partial charge in [-0.1, -0.05) is 0 Å². The normalized spacial score (nSPS) is 19.5. The van der Waals surface area contributed by atoms with Gasteiger partial charge in [0, 0.05) is 31.4 Å². The van der Waals surface area contributed by atoms with Crippen LogP contribution in [0.4, 0.5) is 11.4 Å². The first-order valence-corrected chi connectivity index (χ1v) is 11.3. The molecule has 2 heterocycles. The van der Waals surface area contributed by atoms with E-state index in [1.165, 1.54) is 33.5 Å². The van der Waals surface area contributed by atoms with Crippen LogP contribution >= 0.6 is 0 Å². The molecule has 0 aliphatic carbocycles. The highest BCUT2D eigenvalue weighted by atomic mass is 32.2. The van der Waals surface area contributed by atoms with Crippen molar-refractivity contribution < 1.29 is 27.5 Å². The fourth-order valence-electron chi connectivity index (χ4n) is 3.51. The molecule has 1 atom stereocenters. The second kappa shape index (κ2) is 8.29. The third kappa shape index (κ3) is 4.14. The molecule has 31 heavy (non-hydrogen) atoms. The zero-order valence-electron chi connectivity index (χ0n) is 17.2. The average Bonchev–Trinajstić information content (AvgIpc) is 2.78. The van der Waals surface area contributed by atoms with Gasteiger partial charge in [-0.05, 0) is 49.4 Å². The molecule has 2 aliphatic rings. The summed E-state index contributed by atoms with van der Waals surface area (Å²) in [7, 11) is -1.97. The van der Waals surface area contributed by atoms with E-state index in [0.29, 0.717) is 49.0 Å². The monoisotopic (exact) mass is 445 g/mol. The number of fused-ring (bicyclic) bond motifs is 1.